The first kappa shape index (κ1) is 11.2. The van der Waals surface area contributed by atoms with E-state index in [1.807, 2.05) is 6.92 Å². The molecule has 0 saturated carbocycles. The smallest absolute Gasteiger partial charge is 0.352 e. The molecule has 3 N–H and O–H groups in total. The number of aromatic carboxylic acids is 1. The molecule has 5 nitrogen and oxygen atoms in total. The fourth-order valence-electron chi connectivity index (χ4n) is 1.94. The summed E-state index contributed by atoms with van der Waals surface area (Å²) in [5.41, 5.74) is 6.56. The number of carboxylic acids is 1. The van der Waals surface area contributed by atoms with Gasteiger partial charge in [-0.3, -0.25) is 4.79 Å². The standard InChI is InChI=1S/C12H12N2O3/c1-2-14-9-4-3-7(11(13)15)5-8(9)6-10(14)12(16)17/h3-6H,2H2,1H3,(H2,13,15)(H,16,17). The van der Waals surface area contributed by atoms with Crippen LogP contribution >= 0.6 is 0 Å². The van der Waals surface area contributed by atoms with Crippen molar-refractivity contribution in [2.75, 3.05) is 0 Å². The van der Waals surface area contributed by atoms with E-state index in [1.54, 1.807) is 28.8 Å². The van der Waals surface area contributed by atoms with Gasteiger partial charge in [-0.15, -0.1) is 0 Å². The molecule has 0 unspecified atom stereocenters. The summed E-state index contributed by atoms with van der Waals surface area (Å²) in [6, 6.07) is 6.47. The van der Waals surface area contributed by atoms with Gasteiger partial charge in [-0.1, -0.05) is 0 Å². The SMILES string of the molecule is CCn1c(C(=O)O)cc2cc(C(N)=O)ccc21. The van der Waals surface area contributed by atoms with Crippen molar-refractivity contribution in [3.8, 4) is 0 Å². The summed E-state index contributed by atoms with van der Waals surface area (Å²) in [7, 11) is 0. The Balaban J connectivity index is 2.73. The van der Waals surface area contributed by atoms with Gasteiger partial charge in [0.25, 0.3) is 0 Å². The molecule has 1 heterocycles. The molecule has 88 valence electrons. The van der Waals surface area contributed by atoms with Gasteiger partial charge in [0.2, 0.25) is 5.91 Å². The number of aryl methyl sites for hydroxylation is 1. The molecule has 0 fully saturated rings. The average molecular weight is 232 g/mol. The number of nitrogens with zero attached hydrogens (tertiary/aromatic N) is 1. The van der Waals surface area contributed by atoms with Crippen LogP contribution in [-0.2, 0) is 6.54 Å². The van der Waals surface area contributed by atoms with E-state index in [2.05, 4.69) is 0 Å². The van der Waals surface area contributed by atoms with Crippen molar-refractivity contribution in [2.45, 2.75) is 13.5 Å². The van der Waals surface area contributed by atoms with E-state index in [-0.39, 0.29) is 5.69 Å². The lowest BCUT2D eigenvalue weighted by atomic mass is 10.1. The largest absolute Gasteiger partial charge is 0.477 e. The van der Waals surface area contributed by atoms with E-state index in [1.165, 1.54) is 0 Å². The number of benzene rings is 1. The van der Waals surface area contributed by atoms with Crippen molar-refractivity contribution < 1.29 is 14.7 Å². The quantitative estimate of drug-likeness (QED) is 0.840. The molecule has 2 rings (SSSR count). The third kappa shape index (κ3) is 1.75. The summed E-state index contributed by atoms with van der Waals surface area (Å²) in [4.78, 5) is 22.1. The second kappa shape index (κ2) is 3.93. The highest BCUT2D eigenvalue weighted by Gasteiger charge is 2.14. The zero-order chi connectivity index (χ0) is 12.6. The van der Waals surface area contributed by atoms with Crippen LogP contribution in [0.1, 0.15) is 27.8 Å². The molecule has 17 heavy (non-hydrogen) atoms. The molecular formula is C12H12N2O3. The zero-order valence-corrected chi connectivity index (χ0v) is 9.30. The van der Waals surface area contributed by atoms with E-state index in [9.17, 15) is 9.59 Å². The number of carboxylic acid groups (broad SMARTS) is 1. The summed E-state index contributed by atoms with van der Waals surface area (Å²) >= 11 is 0. The van der Waals surface area contributed by atoms with Crippen LogP contribution in [0.3, 0.4) is 0 Å². The van der Waals surface area contributed by atoms with Crippen molar-refractivity contribution in [3.63, 3.8) is 0 Å². The first-order valence-electron chi connectivity index (χ1n) is 5.21. The van der Waals surface area contributed by atoms with Crippen molar-refractivity contribution >= 4 is 22.8 Å². The third-order valence-corrected chi connectivity index (χ3v) is 2.72. The van der Waals surface area contributed by atoms with E-state index in [0.29, 0.717) is 17.5 Å². The lowest BCUT2D eigenvalue weighted by molar-refractivity contribution is 0.0685. The van der Waals surface area contributed by atoms with Gasteiger partial charge in [-0.25, -0.2) is 4.79 Å². The number of rotatable bonds is 3. The predicted molar refractivity (Wildman–Crippen MR) is 63.1 cm³/mol. The number of fused-ring (bicyclic) bond motifs is 1. The fraction of sp³-hybridized carbons (Fsp3) is 0.167. The molecular weight excluding hydrogens is 220 g/mol. The second-order valence-corrected chi connectivity index (χ2v) is 3.72. The molecule has 1 amide bonds. The summed E-state index contributed by atoms with van der Waals surface area (Å²) in [6.45, 7) is 2.43. The summed E-state index contributed by atoms with van der Waals surface area (Å²) < 4.78 is 1.68. The van der Waals surface area contributed by atoms with Crippen molar-refractivity contribution in [1.82, 2.24) is 4.57 Å². The number of amides is 1. The van der Waals surface area contributed by atoms with Crippen molar-refractivity contribution in [3.05, 3.63) is 35.5 Å². The van der Waals surface area contributed by atoms with Crippen molar-refractivity contribution in [2.24, 2.45) is 5.73 Å². The molecule has 0 spiro atoms. The number of hydrogen-bond donors (Lipinski definition) is 2. The average Bonchev–Trinajstić information content (AvgIpc) is 2.66. The van der Waals surface area contributed by atoms with E-state index >= 15 is 0 Å². The Hall–Kier alpha value is -2.30. The number of carbonyl (C=O) groups excluding carboxylic acids is 1. The molecule has 0 aliphatic carbocycles. The minimum atomic E-state index is -0.983. The lowest BCUT2D eigenvalue weighted by Gasteiger charge is -2.04. The predicted octanol–water partition coefficient (Wildman–Crippen LogP) is 1.46. The number of carbonyl (C=O) groups is 2. The maximum absolute atomic E-state index is 11.1. The minimum absolute atomic E-state index is 0.212. The van der Waals surface area contributed by atoms with Gasteiger partial charge >= 0.3 is 5.97 Å². The number of hydrogen-bond acceptors (Lipinski definition) is 2. The van der Waals surface area contributed by atoms with Gasteiger partial charge in [-0.2, -0.15) is 0 Å². The third-order valence-electron chi connectivity index (χ3n) is 2.72. The Labute approximate surface area is 97.4 Å². The first-order valence-corrected chi connectivity index (χ1v) is 5.21. The topological polar surface area (TPSA) is 85.3 Å². The minimum Gasteiger partial charge on any atom is -0.477 e. The lowest BCUT2D eigenvalue weighted by Crippen LogP contribution is -2.10. The molecule has 2 aromatic rings. The fourth-order valence-corrected chi connectivity index (χ4v) is 1.94. The molecule has 0 atom stereocenters. The first-order chi connectivity index (χ1) is 8.04. The summed E-state index contributed by atoms with van der Waals surface area (Å²) in [5, 5.41) is 9.77. The van der Waals surface area contributed by atoms with E-state index in [4.69, 9.17) is 10.8 Å². The maximum atomic E-state index is 11.1. The van der Waals surface area contributed by atoms with Crippen LogP contribution in [0.2, 0.25) is 0 Å². The van der Waals surface area contributed by atoms with Crippen LogP contribution in [0.5, 0.6) is 0 Å². The molecule has 0 aliphatic rings. The number of nitrogens with two attached hydrogens (primary N) is 1. The monoisotopic (exact) mass is 232 g/mol. The molecule has 0 radical (unpaired) electrons. The van der Waals surface area contributed by atoms with E-state index in [0.717, 1.165) is 5.52 Å². The highest BCUT2D eigenvalue weighted by Crippen LogP contribution is 2.21. The van der Waals surface area contributed by atoms with Crippen LogP contribution in [0, 0.1) is 0 Å². The molecule has 1 aromatic heterocycles. The second-order valence-electron chi connectivity index (χ2n) is 3.72. The zero-order valence-electron chi connectivity index (χ0n) is 9.30. The van der Waals surface area contributed by atoms with Crippen molar-refractivity contribution in [1.29, 1.82) is 0 Å². The maximum Gasteiger partial charge on any atom is 0.352 e. The summed E-state index contributed by atoms with van der Waals surface area (Å²) in [5.74, 6) is -1.50. The highest BCUT2D eigenvalue weighted by atomic mass is 16.4. The Morgan fingerprint density at radius 3 is 2.59 bits per heavy atom. The Morgan fingerprint density at radius 2 is 2.06 bits per heavy atom. The van der Waals surface area contributed by atoms with Crippen LogP contribution in [-0.4, -0.2) is 21.6 Å². The molecule has 0 saturated heterocycles. The van der Waals surface area contributed by atoms with Gasteiger partial charge < -0.3 is 15.4 Å². The van der Waals surface area contributed by atoms with Gasteiger partial charge in [0.15, 0.2) is 0 Å². The van der Waals surface area contributed by atoms with Crippen LogP contribution in [0.25, 0.3) is 10.9 Å². The molecule has 1 aromatic carbocycles. The van der Waals surface area contributed by atoms with Gasteiger partial charge in [-0.05, 0) is 31.2 Å². The van der Waals surface area contributed by atoms with Crippen LogP contribution in [0.4, 0.5) is 0 Å². The molecule has 5 heteroatoms. The van der Waals surface area contributed by atoms with Crippen LogP contribution in [0.15, 0.2) is 24.3 Å². The Morgan fingerprint density at radius 1 is 1.35 bits per heavy atom. The van der Waals surface area contributed by atoms with Gasteiger partial charge in [0, 0.05) is 23.0 Å². The number of primary amides is 1. The molecule has 0 aliphatic heterocycles. The molecule has 0 bridgehead atoms. The Bertz CT molecular complexity index is 613. The number of aromatic nitrogens is 1. The highest BCUT2D eigenvalue weighted by molar-refractivity contribution is 6.00. The van der Waals surface area contributed by atoms with E-state index < -0.39 is 11.9 Å². The van der Waals surface area contributed by atoms with Crippen LogP contribution < -0.4 is 5.73 Å². The normalized spacial score (nSPS) is 10.6. The summed E-state index contributed by atoms with van der Waals surface area (Å²) in [6.07, 6.45) is 0. The van der Waals surface area contributed by atoms with Gasteiger partial charge in [0.1, 0.15) is 5.69 Å². The van der Waals surface area contributed by atoms with Gasteiger partial charge in [0.05, 0.1) is 0 Å². The Kier molecular flexibility index (Phi) is 2.59.